The molecule has 1 aliphatic heterocycles. The van der Waals surface area contributed by atoms with Gasteiger partial charge in [-0.2, -0.15) is 5.10 Å². The molecule has 0 radical (unpaired) electrons. The largest absolute Gasteiger partial charge is 0.598 e. The number of nitrogens with one attached hydrogen (secondary N) is 1. The van der Waals surface area contributed by atoms with Crippen LogP contribution in [-0.2, 0) is 17.9 Å². The lowest BCUT2D eigenvalue weighted by Gasteiger charge is -2.26. The summed E-state index contributed by atoms with van der Waals surface area (Å²) in [7, 11) is -1.56. The number of hydrogen-bond donors (Lipinski definition) is 3. The first kappa shape index (κ1) is 13.9. The SMILES string of the molecule is CC(C)(C)[S+]([O-])N[C@H]1CCn2nc(B(O)O)cc21. The fourth-order valence-corrected chi connectivity index (χ4v) is 2.71. The van der Waals surface area contributed by atoms with Gasteiger partial charge in [0.2, 0.25) is 0 Å². The van der Waals surface area contributed by atoms with Gasteiger partial charge in [0.1, 0.15) is 4.75 Å². The summed E-state index contributed by atoms with van der Waals surface area (Å²) in [5, 5.41) is 22.2. The van der Waals surface area contributed by atoms with Crippen molar-refractivity contribution in [3.63, 3.8) is 0 Å². The van der Waals surface area contributed by atoms with E-state index < -0.39 is 18.5 Å². The monoisotopic (exact) mass is 271 g/mol. The van der Waals surface area contributed by atoms with Gasteiger partial charge >= 0.3 is 7.12 Å². The van der Waals surface area contributed by atoms with E-state index in [0.717, 1.165) is 12.1 Å². The maximum atomic E-state index is 12.0. The van der Waals surface area contributed by atoms with Crippen LogP contribution >= 0.6 is 0 Å². The van der Waals surface area contributed by atoms with E-state index in [9.17, 15) is 4.55 Å². The standard InChI is InChI=1S/C10H18BN3O3S/c1-10(2,3)18(17)13-7-4-5-14-8(7)6-9(12-14)11(15)16/h6-7,13,15-16H,4-5H2,1-3H3/t7-,18?/m0/s1. The van der Waals surface area contributed by atoms with E-state index >= 15 is 0 Å². The van der Waals surface area contributed by atoms with E-state index in [-0.39, 0.29) is 16.4 Å². The molecule has 2 heterocycles. The maximum Gasteiger partial charge on any atom is 0.510 e. The molecule has 0 aromatic carbocycles. The molecule has 0 fully saturated rings. The Balaban J connectivity index is 2.11. The molecule has 0 amide bonds. The van der Waals surface area contributed by atoms with Crippen LogP contribution in [0, 0.1) is 0 Å². The van der Waals surface area contributed by atoms with Crippen molar-refractivity contribution in [3.8, 4) is 0 Å². The van der Waals surface area contributed by atoms with Crippen LogP contribution in [0.25, 0.3) is 0 Å². The Hall–Kier alpha value is -0.535. The first-order chi connectivity index (χ1) is 8.29. The van der Waals surface area contributed by atoms with Crippen molar-refractivity contribution >= 4 is 24.1 Å². The molecule has 18 heavy (non-hydrogen) atoms. The molecule has 3 N–H and O–H groups in total. The molecular formula is C10H18BN3O3S. The minimum Gasteiger partial charge on any atom is -0.598 e. The average molecular weight is 271 g/mol. The second-order valence-corrected chi connectivity index (χ2v) is 7.43. The van der Waals surface area contributed by atoms with Gasteiger partial charge in [-0.05, 0) is 33.3 Å². The highest BCUT2D eigenvalue weighted by Crippen LogP contribution is 2.27. The number of hydrogen-bond acceptors (Lipinski definition) is 5. The van der Waals surface area contributed by atoms with Crippen LogP contribution in [0.3, 0.4) is 0 Å². The number of rotatable bonds is 3. The van der Waals surface area contributed by atoms with Gasteiger partial charge in [0.05, 0.1) is 17.3 Å². The predicted octanol–water partition coefficient (Wildman–Crippen LogP) is -0.940. The summed E-state index contributed by atoms with van der Waals surface area (Å²) in [5.74, 6) is 0. The summed E-state index contributed by atoms with van der Waals surface area (Å²) in [5.41, 5.74) is 1.09. The molecular weight excluding hydrogens is 253 g/mol. The van der Waals surface area contributed by atoms with Crippen LogP contribution in [-0.4, -0.2) is 36.2 Å². The maximum absolute atomic E-state index is 12.0. The minimum absolute atomic E-state index is 0.0509. The molecule has 2 rings (SSSR count). The minimum atomic E-state index is -1.56. The van der Waals surface area contributed by atoms with Crippen molar-refractivity contribution in [1.29, 1.82) is 0 Å². The van der Waals surface area contributed by atoms with Gasteiger partial charge in [0.15, 0.2) is 0 Å². The first-order valence-electron chi connectivity index (χ1n) is 5.91. The smallest absolute Gasteiger partial charge is 0.510 e. The lowest BCUT2D eigenvalue weighted by molar-refractivity contribution is 0.423. The van der Waals surface area contributed by atoms with Crippen LogP contribution in [0.1, 0.15) is 38.9 Å². The molecule has 6 nitrogen and oxygen atoms in total. The summed E-state index contributed by atoms with van der Waals surface area (Å²) < 4.78 is 16.5. The molecule has 1 aliphatic rings. The van der Waals surface area contributed by atoms with Crippen molar-refractivity contribution in [2.75, 3.05) is 0 Å². The van der Waals surface area contributed by atoms with Crippen LogP contribution in [0.5, 0.6) is 0 Å². The summed E-state index contributed by atoms with van der Waals surface area (Å²) in [6.45, 7) is 6.42. The van der Waals surface area contributed by atoms with E-state index in [0.29, 0.717) is 6.54 Å². The zero-order valence-electron chi connectivity index (χ0n) is 10.8. The topological polar surface area (TPSA) is 93.4 Å². The zero-order valence-corrected chi connectivity index (χ0v) is 11.6. The molecule has 0 bridgehead atoms. The lowest BCUT2D eigenvalue weighted by atomic mass is 9.86. The third-order valence-electron chi connectivity index (χ3n) is 2.89. The van der Waals surface area contributed by atoms with Crippen molar-refractivity contribution in [1.82, 2.24) is 14.5 Å². The fraction of sp³-hybridized carbons (Fsp3) is 0.700. The van der Waals surface area contributed by atoms with Crippen molar-refractivity contribution < 1.29 is 14.6 Å². The van der Waals surface area contributed by atoms with E-state index in [1.165, 1.54) is 0 Å². The predicted molar refractivity (Wildman–Crippen MR) is 70.4 cm³/mol. The zero-order chi connectivity index (χ0) is 13.5. The third-order valence-corrected chi connectivity index (χ3v) is 4.50. The summed E-state index contributed by atoms with van der Waals surface area (Å²) in [6.07, 6.45) is 0.811. The van der Waals surface area contributed by atoms with E-state index in [1.807, 2.05) is 20.8 Å². The van der Waals surface area contributed by atoms with Gasteiger partial charge in [-0.15, -0.1) is 4.72 Å². The fourth-order valence-electron chi connectivity index (χ4n) is 1.86. The average Bonchev–Trinajstić information content (AvgIpc) is 2.78. The number of nitrogens with zero attached hydrogens (tertiary/aromatic N) is 2. The highest BCUT2D eigenvalue weighted by atomic mass is 32.2. The molecule has 2 atom stereocenters. The third kappa shape index (κ3) is 2.72. The molecule has 1 aromatic heterocycles. The molecule has 8 heteroatoms. The number of aryl methyl sites for hydroxylation is 1. The molecule has 0 spiro atoms. The summed E-state index contributed by atoms with van der Waals surface area (Å²) in [4.78, 5) is 0. The molecule has 0 aliphatic carbocycles. The quantitative estimate of drug-likeness (QED) is 0.487. The van der Waals surface area contributed by atoms with Crippen LogP contribution < -0.4 is 10.3 Å². The van der Waals surface area contributed by atoms with Gasteiger partial charge < -0.3 is 14.6 Å². The Morgan fingerprint density at radius 2 is 2.22 bits per heavy atom. The van der Waals surface area contributed by atoms with Gasteiger partial charge in [-0.25, -0.2) is 0 Å². The number of aromatic nitrogens is 2. The van der Waals surface area contributed by atoms with Crippen molar-refractivity contribution in [3.05, 3.63) is 11.8 Å². The Bertz CT molecular complexity index is 432. The van der Waals surface area contributed by atoms with Crippen LogP contribution in [0.2, 0.25) is 0 Å². The van der Waals surface area contributed by atoms with E-state index in [4.69, 9.17) is 10.0 Å². The second kappa shape index (κ2) is 4.86. The van der Waals surface area contributed by atoms with E-state index in [2.05, 4.69) is 9.82 Å². The first-order valence-corrected chi connectivity index (χ1v) is 7.06. The Morgan fingerprint density at radius 3 is 2.78 bits per heavy atom. The van der Waals surface area contributed by atoms with Crippen LogP contribution in [0.4, 0.5) is 0 Å². The van der Waals surface area contributed by atoms with Gasteiger partial charge in [-0.1, -0.05) is 0 Å². The Morgan fingerprint density at radius 1 is 1.56 bits per heavy atom. The normalized spacial score (nSPS) is 20.9. The Kier molecular flexibility index (Phi) is 3.75. The van der Waals surface area contributed by atoms with Crippen LogP contribution in [0.15, 0.2) is 6.07 Å². The van der Waals surface area contributed by atoms with Gasteiger partial charge in [0, 0.05) is 17.9 Å². The molecule has 100 valence electrons. The Labute approximate surface area is 110 Å². The molecule has 0 saturated heterocycles. The van der Waals surface area contributed by atoms with Crippen molar-refractivity contribution in [2.45, 2.75) is 44.5 Å². The molecule has 1 aromatic rings. The lowest BCUT2D eigenvalue weighted by Crippen LogP contribution is -2.40. The number of fused-ring (bicyclic) bond motifs is 1. The summed E-state index contributed by atoms with van der Waals surface area (Å²) in [6, 6.07) is 1.60. The van der Waals surface area contributed by atoms with Gasteiger partial charge in [0.25, 0.3) is 0 Å². The van der Waals surface area contributed by atoms with E-state index in [1.54, 1.807) is 10.7 Å². The van der Waals surface area contributed by atoms with Gasteiger partial charge in [-0.3, -0.25) is 4.68 Å². The molecule has 0 saturated carbocycles. The highest BCUT2D eigenvalue weighted by molar-refractivity contribution is 7.90. The molecule has 1 unspecified atom stereocenters. The van der Waals surface area contributed by atoms with Crippen molar-refractivity contribution in [2.24, 2.45) is 0 Å². The summed E-state index contributed by atoms with van der Waals surface area (Å²) >= 11 is -1.15. The highest BCUT2D eigenvalue weighted by Gasteiger charge is 2.34. The second-order valence-electron chi connectivity index (χ2n) is 5.43.